The van der Waals surface area contributed by atoms with Crippen LogP contribution in [0.25, 0.3) is 0 Å². The molecule has 0 aromatic carbocycles. The van der Waals surface area contributed by atoms with Crippen LogP contribution in [0.5, 0.6) is 0 Å². The summed E-state index contributed by atoms with van der Waals surface area (Å²) < 4.78 is 0. The molecular weight excluding hydrogens is 482 g/mol. The van der Waals surface area contributed by atoms with Crippen molar-refractivity contribution in [2.24, 2.45) is 0 Å². The average molecular weight is 552 g/mol. The van der Waals surface area contributed by atoms with Crippen molar-refractivity contribution in [2.75, 3.05) is 13.2 Å². The predicted molar refractivity (Wildman–Crippen MR) is 169 cm³/mol. The molecule has 0 aromatic rings. The molecule has 0 unspecified atom stereocenters. The number of hydrogen-bond donors (Lipinski definition) is 1. The minimum atomic E-state index is -0.202. The highest BCUT2D eigenvalue weighted by molar-refractivity contribution is 5.95. The molecular formula is C35H69NO3. The van der Waals surface area contributed by atoms with Crippen molar-refractivity contribution in [3.05, 3.63) is 0 Å². The van der Waals surface area contributed by atoms with Gasteiger partial charge in [-0.3, -0.25) is 14.5 Å². The summed E-state index contributed by atoms with van der Waals surface area (Å²) in [4.78, 5) is 26.6. The first kappa shape index (κ1) is 38.1. The number of imide groups is 1. The molecule has 39 heavy (non-hydrogen) atoms. The van der Waals surface area contributed by atoms with E-state index in [1.807, 2.05) is 0 Å². The standard InChI is InChI=1S/C35H69NO3/c1-3-5-7-9-11-13-15-17-19-21-23-25-27-29-32-36(35(39)31-33-37)34(38)30-28-26-24-22-20-18-16-14-12-10-8-6-4-2/h37H,3-33H2,1-2H3. The Morgan fingerprint density at radius 3 is 1.03 bits per heavy atom. The van der Waals surface area contributed by atoms with Crippen molar-refractivity contribution in [3.63, 3.8) is 0 Å². The summed E-state index contributed by atoms with van der Waals surface area (Å²) in [6, 6.07) is 0. The Morgan fingerprint density at radius 2 is 0.692 bits per heavy atom. The van der Waals surface area contributed by atoms with Crippen molar-refractivity contribution in [1.82, 2.24) is 4.90 Å². The number of hydrogen-bond acceptors (Lipinski definition) is 3. The Balaban J connectivity index is 3.77. The lowest BCUT2D eigenvalue weighted by Crippen LogP contribution is -2.38. The lowest BCUT2D eigenvalue weighted by molar-refractivity contribution is -0.145. The second-order valence-corrected chi connectivity index (χ2v) is 12.0. The molecule has 0 aliphatic carbocycles. The molecule has 0 saturated carbocycles. The Morgan fingerprint density at radius 1 is 0.410 bits per heavy atom. The minimum Gasteiger partial charge on any atom is -0.396 e. The molecule has 1 N–H and O–H groups in total. The van der Waals surface area contributed by atoms with Crippen LogP contribution in [0.3, 0.4) is 0 Å². The third-order valence-corrected chi connectivity index (χ3v) is 8.16. The van der Waals surface area contributed by atoms with Crippen molar-refractivity contribution in [3.8, 4) is 0 Å². The Kier molecular flexibility index (Phi) is 30.9. The summed E-state index contributed by atoms with van der Waals surface area (Å²) in [5, 5.41) is 9.20. The van der Waals surface area contributed by atoms with E-state index in [1.165, 1.54) is 153 Å². The zero-order chi connectivity index (χ0) is 28.7. The van der Waals surface area contributed by atoms with Gasteiger partial charge in [0.25, 0.3) is 0 Å². The number of aliphatic hydroxyl groups excluding tert-OH is 1. The maximum absolute atomic E-state index is 12.7. The number of carbonyl (C=O) groups is 2. The summed E-state index contributed by atoms with van der Waals surface area (Å²) in [5.74, 6) is -0.238. The van der Waals surface area contributed by atoms with Crippen LogP contribution >= 0.6 is 0 Å². The molecule has 0 fully saturated rings. The summed E-state index contributed by atoms with van der Waals surface area (Å²) in [6.45, 7) is 4.88. The highest BCUT2D eigenvalue weighted by Gasteiger charge is 2.19. The maximum Gasteiger partial charge on any atom is 0.231 e. The highest BCUT2D eigenvalue weighted by atomic mass is 16.3. The van der Waals surface area contributed by atoms with Crippen molar-refractivity contribution in [2.45, 2.75) is 200 Å². The average Bonchev–Trinajstić information content (AvgIpc) is 2.93. The Labute approximate surface area is 244 Å². The molecule has 0 rings (SSSR count). The number of aliphatic hydroxyl groups is 1. The molecule has 0 radical (unpaired) electrons. The van der Waals surface area contributed by atoms with E-state index < -0.39 is 0 Å². The number of carbonyl (C=O) groups excluding carboxylic acids is 2. The summed E-state index contributed by atoms with van der Waals surface area (Å²) in [6.07, 6.45) is 35.4. The normalized spacial score (nSPS) is 11.3. The van der Waals surface area contributed by atoms with Gasteiger partial charge in [0.15, 0.2) is 0 Å². The fourth-order valence-corrected chi connectivity index (χ4v) is 5.51. The first-order chi connectivity index (χ1) is 19.2. The van der Waals surface area contributed by atoms with Gasteiger partial charge in [-0.05, 0) is 12.8 Å². The van der Waals surface area contributed by atoms with Gasteiger partial charge in [0, 0.05) is 13.0 Å². The summed E-state index contributed by atoms with van der Waals surface area (Å²) in [5.41, 5.74) is 0. The van der Waals surface area contributed by atoms with Crippen molar-refractivity contribution < 1.29 is 14.7 Å². The molecule has 0 bridgehead atoms. The lowest BCUT2D eigenvalue weighted by atomic mass is 10.0. The number of amides is 2. The van der Waals surface area contributed by atoms with Crippen LogP contribution in [0.4, 0.5) is 0 Å². The number of nitrogens with zero attached hydrogens (tertiary/aromatic N) is 1. The van der Waals surface area contributed by atoms with E-state index in [0.29, 0.717) is 13.0 Å². The zero-order valence-electron chi connectivity index (χ0n) is 26.6. The number of rotatable bonds is 31. The summed E-state index contributed by atoms with van der Waals surface area (Å²) in [7, 11) is 0. The van der Waals surface area contributed by atoms with Gasteiger partial charge in [-0.1, -0.05) is 174 Å². The van der Waals surface area contributed by atoms with Crippen molar-refractivity contribution >= 4 is 11.8 Å². The fourth-order valence-electron chi connectivity index (χ4n) is 5.51. The van der Waals surface area contributed by atoms with Gasteiger partial charge in [0.2, 0.25) is 11.8 Å². The highest BCUT2D eigenvalue weighted by Crippen LogP contribution is 2.15. The molecule has 0 spiro atoms. The van der Waals surface area contributed by atoms with Gasteiger partial charge in [-0.15, -0.1) is 0 Å². The molecule has 0 heterocycles. The van der Waals surface area contributed by atoms with Gasteiger partial charge < -0.3 is 5.11 Å². The molecule has 2 amide bonds. The first-order valence-corrected chi connectivity index (χ1v) is 17.6. The van der Waals surface area contributed by atoms with Gasteiger partial charge >= 0.3 is 0 Å². The van der Waals surface area contributed by atoms with Gasteiger partial charge in [-0.2, -0.15) is 0 Å². The van der Waals surface area contributed by atoms with E-state index in [0.717, 1.165) is 25.7 Å². The number of unbranched alkanes of at least 4 members (excludes halogenated alkanes) is 25. The van der Waals surface area contributed by atoms with E-state index >= 15 is 0 Å². The van der Waals surface area contributed by atoms with Crippen LogP contribution in [0.2, 0.25) is 0 Å². The topological polar surface area (TPSA) is 57.6 Å². The van der Waals surface area contributed by atoms with Crippen LogP contribution in [0.1, 0.15) is 200 Å². The van der Waals surface area contributed by atoms with Crippen LogP contribution in [0.15, 0.2) is 0 Å². The third kappa shape index (κ3) is 27.1. The van der Waals surface area contributed by atoms with Crippen molar-refractivity contribution in [1.29, 1.82) is 0 Å². The van der Waals surface area contributed by atoms with Gasteiger partial charge in [0.1, 0.15) is 0 Å². The lowest BCUT2D eigenvalue weighted by Gasteiger charge is -2.20. The summed E-state index contributed by atoms with van der Waals surface area (Å²) >= 11 is 0. The van der Waals surface area contributed by atoms with Gasteiger partial charge in [0.05, 0.1) is 13.0 Å². The van der Waals surface area contributed by atoms with E-state index in [1.54, 1.807) is 0 Å². The van der Waals surface area contributed by atoms with Crippen LogP contribution in [-0.4, -0.2) is 35.0 Å². The molecule has 232 valence electrons. The zero-order valence-corrected chi connectivity index (χ0v) is 26.6. The largest absolute Gasteiger partial charge is 0.396 e. The Bertz CT molecular complexity index is 522. The fraction of sp³-hybridized carbons (Fsp3) is 0.943. The van der Waals surface area contributed by atoms with E-state index in [9.17, 15) is 14.7 Å². The smallest absolute Gasteiger partial charge is 0.231 e. The molecule has 0 aliphatic heterocycles. The molecule has 4 nitrogen and oxygen atoms in total. The SMILES string of the molecule is CCCCCCCCCCCCCCCCN(C(=O)CCO)C(=O)CCCCCCCCCCCCCCC. The minimum absolute atomic E-state index is 0.0359. The van der Waals surface area contributed by atoms with E-state index in [4.69, 9.17) is 0 Å². The van der Waals surface area contributed by atoms with Crippen LogP contribution in [0, 0.1) is 0 Å². The maximum atomic E-state index is 12.7. The molecule has 4 heteroatoms. The molecule has 0 saturated heterocycles. The van der Waals surface area contributed by atoms with Crippen LogP contribution < -0.4 is 0 Å². The van der Waals surface area contributed by atoms with Crippen LogP contribution in [-0.2, 0) is 9.59 Å². The second kappa shape index (κ2) is 31.6. The third-order valence-electron chi connectivity index (χ3n) is 8.16. The second-order valence-electron chi connectivity index (χ2n) is 12.0. The predicted octanol–water partition coefficient (Wildman–Crippen LogP) is 10.7. The van der Waals surface area contributed by atoms with Gasteiger partial charge in [-0.25, -0.2) is 0 Å². The molecule has 0 atom stereocenters. The molecule has 0 aliphatic rings. The monoisotopic (exact) mass is 552 g/mol. The quantitative estimate of drug-likeness (QED) is 0.0872. The van der Waals surface area contributed by atoms with E-state index in [-0.39, 0.29) is 24.8 Å². The Hall–Kier alpha value is -0.900. The first-order valence-electron chi connectivity index (χ1n) is 17.6. The van der Waals surface area contributed by atoms with E-state index in [2.05, 4.69) is 13.8 Å². The molecule has 0 aromatic heterocycles.